The SMILES string of the molecule is COC(=O)c1cc(Cc2ccc(N(c3ccc(C)cc3)S(=O)O)c(CO)c2)ccc1N(c1ccc(C)cc1)S(=O)O. The van der Waals surface area contributed by atoms with E-state index in [1.54, 1.807) is 72.8 Å². The van der Waals surface area contributed by atoms with Gasteiger partial charge >= 0.3 is 5.97 Å². The molecule has 0 radical (unpaired) electrons. The molecule has 3 N–H and O–H groups in total. The van der Waals surface area contributed by atoms with Crippen LogP contribution >= 0.6 is 0 Å². The summed E-state index contributed by atoms with van der Waals surface area (Å²) in [5, 5.41) is 10.1. The van der Waals surface area contributed by atoms with Crippen molar-refractivity contribution in [3.63, 3.8) is 0 Å². The van der Waals surface area contributed by atoms with Gasteiger partial charge in [0.1, 0.15) is 0 Å². The highest BCUT2D eigenvalue weighted by Gasteiger charge is 2.24. The molecule has 0 aromatic heterocycles. The summed E-state index contributed by atoms with van der Waals surface area (Å²) in [4.78, 5) is 12.8. The summed E-state index contributed by atoms with van der Waals surface area (Å²) in [7, 11) is 1.24. The maximum Gasteiger partial charge on any atom is 0.340 e. The third kappa shape index (κ3) is 6.89. The fraction of sp³-hybridized carbons (Fsp3) is 0.167. The van der Waals surface area contributed by atoms with E-state index in [9.17, 15) is 27.4 Å². The molecule has 0 saturated carbocycles. The highest BCUT2D eigenvalue weighted by molar-refractivity contribution is 7.81. The number of esters is 1. The molecule has 4 rings (SSSR count). The standard InChI is InChI=1S/C30H30N2O7S2/c1-20-4-10-25(11-5-20)31(40(35)36)28-14-8-22(17-24(28)19-33)16-23-9-15-29(27(18-23)30(34)39-3)32(41(37)38)26-12-6-21(2)7-13-26/h4-15,17-18,33H,16,19H2,1-3H3,(H,35,36)(H,37,38). The molecule has 9 nitrogen and oxygen atoms in total. The van der Waals surface area contributed by atoms with Gasteiger partial charge in [0.2, 0.25) is 0 Å². The van der Waals surface area contributed by atoms with Gasteiger partial charge in [-0.1, -0.05) is 53.6 Å². The molecule has 0 fully saturated rings. The minimum Gasteiger partial charge on any atom is -0.465 e. The van der Waals surface area contributed by atoms with Gasteiger partial charge < -0.3 is 9.84 Å². The molecular formula is C30H30N2O7S2. The van der Waals surface area contributed by atoms with Crippen LogP contribution in [0, 0.1) is 13.8 Å². The van der Waals surface area contributed by atoms with Gasteiger partial charge in [-0.2, -0.15) is 0 Å². The Morgan fingerprint density at radius 1 is 0.732 bits per heavy atom. The topological polar surface area (TPSA) is 128 Å². The molecule has 214 valence electrons. The van der Waals surface area contributed by atoms with Crippen LogP contribution in [0.1, 0.15) is 38.2 Å². The minimum absolute atomic E-state index is 0.105. The number of nitrogens with zero attached hydrogens (tertiary/aromatic N) is 2. The zero-order valence-electron chi connectivity index (χ0n) is 22.7. The van der Waals surface area contributed by atoms with E-state index in [1.807, 2.05) is 26.0 Å². The van der Waals surface area contributed by atoms with E-state index in [0.29, 0.717) is 34.6 Å². The van der Waals surface area contributed by atoms with Gasteiger partial charge in [0.25, 0.3) is 22.5 Å². The lowest BCUT2D eigenvalue weighted by Gasteiger charge is -2.24. The number of aryl methyl sites for hydroxylation is 2. The third-order valence-corrected chi connectivity index (χ3v) is 7.92. The Bertz CT molecular complexity index is 1590. The number of hydrogen-bond acceptors (Lipinski definition) is 5. The highest BCUT2D eigenvalue weighted by Crippen LogP contribution is 2.34. The summed E-state index contributed by atoms with van der Waals surface area (Å²) in [5.74, 6) is -0.671. The Morgan fingerprint density at radius 3 is 1.66 bits per heavy atom. The number of carbonyl (C=O) groups excluding carboxylic acids is 1. The predicted octanol–water partition coefficient (Wildman–Crippen LogP) is 5.72. The molecule has 0 spiro atoms. The number of anilines is 4. The maximum atomic E-state index is 12.8. The Balaban J connectivity index is 1.70. The number of carbonyl (C=O) groups is 1. The molecule has 0 aliphatic rings. The van der Waals surface area contributed by atoms with Gasteiger partial charge in [-0.05, 0) is 73.9 Å². The Labute approximate surface area is 243 Å². The van der Waals surface area contributed by atoms with Crippen LogP contribution in [0.4, 0.5) is 22.7 Å². The van der Waals surface area contributed by atoms with E-state index in [1.165, 1.54) is 11.4 Å². The lowest BCUT2D eigenvalue weighted by molar-refractivity contribution is 0.0601. The first kappa shape index (κ1) is 30.1. The second-order valence-electron chi connectivity index (χ2n) is 9.36. The van der Waals surface area contributed by atoms with Crippen LogP contribution in [0.25, 0.3) is 0 Å². The van der Waals surface area contributed by atoms with Crippen molar-refractivity contribution in [3.8, 4) is 0 Å². The quantitative estimate of drug-likeness (QED) is 0.158. The Kier molecular flexibility index (Phi) is 9.69. The summed E-state index contributed by atoms with van der Waals surface area (Å²) < 4.78 is 52.2. The number of ether oxygens (including phenoxy) is 1. The number of hydrogen-bond donors (Lipinski definition) is 3. The molecule has 4 aromatic rings. The molecule has 0 bridgehead atoms. The molecule has 2 atom stereocenters. The molecule has 0 heterocycles. The van der Waals surface area contributed by atoms with Crippen LogP contribution in [0.15, 0.2) is 84.9 Å². The zero-order valence-corrected chi connectivity index (χ0v) is 24.3. The molecule has 4 aromatic carbocycles. The Hall–Kier alpha value is -3.87. The van der Waals surface area contributed by atoms with Crippen LogP contribution in [0.2, 0.25) is 0 Å². The number of aliphatic hydroxyl groups is 1. The summed E-state index contributed by atoms with van der Waals surface area (Å²) >= 11 is -4.86. The van der Waals surface area contributed by atoms with E-state index < -0.39 is 28.5 Å². The second kappa shape index (κ2) is 13.2. The summed E-state index contributed by atoms with van der Waals surface area (Å²) in [6.45, 7) is 3.44. The number of aliphatic hydroxyl groups excluding tert-OH is 1. The van der Waals surface area contributed by atoms with Gasteiger partial charge in [-0.15, -0.1) is 0 Å². The van der Waals surface area contributed by atoms with Crippen LogP contribution in [-0.4, -0.2) is 35.7 Å². The molecule has 0 aliphatic heterocycles. The Morgan fingerprint density at radius 2 is 1.20 bits per heavy atom. The molecule has 0 amide bonds. The van der Waals surface area contributed by atoms with E-state index in [4.69, 9.17) is 4.74 Å². The van der Waals surface area contributed by atoms with Crippen molar-refractivity contribution in [3.05, 3.63) is 118 Å². The van der Waals surface area contributed by atoms with E-state index in [0.717, 1.165) is 21.0 Å². The minimum atomic E-state index is -2.47. The first-order valence-electron chi connectivity index (χ1n) is 12.5. The first-order valence-corrected chi connectivity index (χ1v) is 14.6. The predicted molar refractivity (Wildman–Crippen MR) is 161 cm³/mol. The second-order valence-corrected chi connectivity index (χ2v) is 11.0. The number of benzene rings is 4. The molecule has 41 heavy (non-hydrogen) atoms. The average Bonchev–Trinajstić information content (AvgIpc) is 2.95. The van der Waals surface area contributed by atoms with Crippen molar-refractivity contribution in [2.75, 3.05) is 15.7 Å². The van der Waals surface area contributed by atoms with Gasteiger partial charge in [0.05, 0.1) is 42.0 Å². The molecular weight excluding hydrogens is 564 g/mol. The molecule has 0 saturated heterocycles. The van der Waals surface area contributed by atoms with E-state index >= 15 is 0 Å². The first-order chi connectivity index (χ1) is 19.6. The van der Waals surface area contributed by atoms with E-state index in [-0.39, 0.29) is 17.9 Å². The zero-order chi connectivity index (χ0) is 29.7. The smallest absolute Gasteiger partial charge is 0.340 e. The monoisotopic (exact) mass is 594 g/mol. The maximum absolute atomic E-state index is 12.8. The van der Waals surface area contributed by atoms with Crippen molar-refractivity contribution in [2.45, 2.75) is 26.9 Å². The highest BCUT2D eigenvalue weighted by atomic mass is 32.2. The van der Waals surface area contributed by atoms with Crippen LogP contribution < -0.4 is 8.61 Å². The van der Waals surface area contributed by atoms with Gasteiger partial charge in [0.15, 0.2) is 0 Å². The summed E-state index contributed by atoms with van der Waals surface area (Å²) in [5.41, 5.74) is 5.51. The van der Waals surface area contributed by atoms with Gasteiger partial charge in [-0.25, -0.2) is 21.8 Å². The molecule has 11 heteroatoms. The van der Waals surface area contributed by atoms with E-state index in [2.05, 4.69) is 0 Å². The normalized spacial score (nSPS) is 12.4. The largest absolute Gasteiger partial charge is 0.465 e. The fourth-order valence-corrected chi connectivity index (χ4v) is 5.72. The van der Waals surface area contributed by atoms with Crippen LogP contribution in [0.3, 0.4) is 0 Å². The van der Waals surface area contributed by atoms with Gasteiger partial charge in [-0.3, -0.25) is 9.11 Å². The van der Waals surface area contributed by atoms with Gasteiger partial charge in [0, 0.05) is 5.56 Å². The van der Waals surface area contributed by atoms with Crippen molar-refractivity contribution >= 4 is 51.3 Å². The molecule has 2 unspecified atom stereocenters. The van der Waals surface area contributed by atoms with Crippen molar-refractivity contribution in [1.82, 2.24) is 0 Å². The summed E-state index contributed by atoms with van der Waals surface area (Å²) in [6, 6.07) is 24.2. The third-order valence-electron chi connectivity index (χ3n) is 6.48. The number of methoxy groups -OCH3 is 1. The van der Waals surface area contributed by atoms with Crippen LogP contribution in [0.5, 0.6) is 0 Å². The molecule has 0 aliphatic carbocycles. The number of rotatable bonds is 10. The lowest BCUT2D eigenvalue weighted by Crippen LogP contribution is -2.22. The fourth-order valence-electron chi connectivity index (χ4n) is 4.44. The average molecular weight is 595 g/mol. The van der Waals surface area contributed by atoms with Crippen molar-refractivity contribution < 1.29 is 32.2 Å². The van der Waals surface area contributed by atoms with Crippen LogP contribution in [-0.2, 0) is 40.3 Å². The van der Waals surface area contributed by atoms with Crippen molar-refractivity contribution in [1.29, 1.82) is 0 Å². The van der Waals surface area contributed by atoms with Crippen molar-refractivity contribution in [2.24, 2.45) is 0 Å². The lowest BCUT2D eigenvalue weighted by atomic mass is 9.99. The summed E-state index contributed by atoms with van der Waals surface area (Å²) in [6.07, 6.45) is 0.344.